The predicted molar refractivity (Wildman–Crippen MR) is 103 cm³/mol. The number of hydrogen-bond donors (Lipinski definition) is 2. The van der Waals surface area contributed by atoms with Crippen molar-refractivity contribution in [3.05, 3.63) is 70.0 Å². The second-order valence-corrected chi connectivity index (χ2v) is 8.27. The number of esters is 1. The number of halogens is 4. The maximum absolute atomic E-state index is 12.9. The van der Waals surface area contributed by atoms with E-state index < -0.39 is 45.7 Å². The molecule has 8 nitrogen and oxygen atoms in total. The molecule has 13 heteroatoms. The number of fused-ring (bicyclic) bond motifs is 1. The second-order valence-electron chi connectivity index (χ2n) is 6.50. The first kappa shape index (κ1) is 23.3. The fraction of sp³-hybridized carbons (Fsp3) is 0.211. The van der Waals surface area contributed by atoms with Crippen molar-refractivity contribution in [3.63, 3.8) is 0 Å². The SMILES string of the molecule is O=C(CCNS(=O)(=O)c1ccc(F)cc1)OCc1nc2cc(C(F)(F)F)ccc2c(=O)[nH]1. The molecular formula is C19H15F4N3O5S. The molecule has 0 aliphatic heterocycles. The van der Waals surface area contributed by atoms with E-state index in [1.54, 1.807) is 0 Å². The number of sulfonamides is 1. The summed E-state index contributed by atoms with van der Waals surface area (Å²) in [5.41, 5.74) is -1.91. The predicted octanol–water partition coefficient (Wildman–Crippen LogP) is 2.49. The van der Waals surface area contributed by atoms with E-state index in [9.17, 15) is 35.6 Å². The van der Waals surface area contributed by atoms with E-state index in [1.807, 2.05) is 0 Å². The molecule has 32 heavy (non-hydrogen) atoms. The second kappa shape index (κ2) is 9.04. The monoisotopic (exact) mass is 473 g/mol. The minimum Gasteiger partial charge on any atom is -0.457 e. The van der Waals surface area contributed by atoms with Crippen molar-refractivity contribution in [1.82, 2.24) is 14.7 Å². The lowest BCUT2D eigenvalue weighted by Gasteiger charge is -2.09. The lowest BCUT2D eigenvalue weighted by Crippen LogP contribution is -2.27. The van der Waals surface area contributed by atoms with Gasteiger partial charge in [0.2, 0.25) is 10.0 Å². The Morgan fingerprint density at radius 1 is 1.12 bits per heavy atom. The average Bonchev–Trinajstić information content (AvgIpc) is 2.71. The van der Waals surface area contributed by atoms with Gasteiger partial charge in [-0.2, -0.15) is 13.2 Å². The average molecular weight is 473 g/mol. The Kier molecular flexibility index (Phi) is 6.60. The topological polar surface area (TPSA) is 118 Å². The van der Waals surface area contributed by atoms with Gasteiger partial charge in [0.15, 0.2) is 0 Å². The third kappa shape index (κ3) is 5.68. The van der Waals surface area contributed by atoms with Crippen molar-refractivity contribution >= 4 is 26.9 Å². The summed E-state index contributed by atoms with van der Waals surface area (Å²) in [6.45, 7) is -0.861. The van der Waals surface area contributed by atoms with Crippen molar-refractivity contribution in [3.8, 4) is 0 Å². The number of carbonyl (C=O) groups is 1. The van der Waals surface area contributed by atoms with E-state index >= 15 is 0 Å². The molecule has 0 aliphatic carbocycles. The largest absolute Gasteiger partial charge is 0.457 e. The van der Waals surface area contributed by atoms with E-state index in [-0.39, 0.29) is 34.6 Å². The molecule has 0 saturated heterocycles. The van der Waals surface area contributed by atoms with Crippen LogP contribution in [0.15, 0.2) is 52.2 Å². The summed E-state index contributed by atoms with van der Waals surface area (Å²) in [5, 5.41) is -0.0664. The summed E-state index contributed by atoms with van der Waals surface area (Å²) in [7, 11) is -3.96. The molecule has 0 atom stereocenters. The standard InChI is InChI=1S/C19H15F4N3O5S/c20-12-2-4-13(5-3-12)32(29,30)24-8-7-17(27)31-10-16-25-15-9-11(19(21,22)23)1-6-14(15)18(28)26-16/h1-6,9,24H,7-8,10H2,(H,25,26,28). The highest BCUT2D eigenvalue weighted by Gasteiger charge is 2.30. The molecule has 0 amide bonds. The van der Waals surface area contributed by atoms with E-state index in [1.165, 1.54) is 0 Å². The van der Waals surface area contributed by atoms with Gasteiger partial charge in [0.05, 0.1) is 27.8 Å². The van der Waals surface area contributed by atoms with Crippen molar-refractivity contribution in [2.24, 2.45) is 0 Å². The summed E-state index contributed by atoms with van der Waals surface area (Å²) < 4.78 is 82.6. The van der Waals surface area contributed by atoms with E-state index in [4.69, 9.17) is 4.74 Å². The van der Waals surface area contributed by atoms with Gasteiger partial charge in [-0.3, -0.25) is 9.59 Å². The Morgan fingerprint density at radius 2 is 1.81 bits per heavy atom. The van der Waals surface area contributed by atoms with Crippen molar-refractivity contribution in [1.29, 1.82) is 0 Å². The van der Waals surface area contributed by atoms with Gasteiger partial charge >= 0.3 is 12.1 Å². The van der Waals surface area contributed by atoms with Crippen LogP contribution < -0.4 is 10.3 Å². The van der Waals surface area contributed by atoms with Crippen LogP contribution >= 0.6 is 0 Å². The Hall–Kier alpha value is -3.32. The van der Waals surface area contributed by atoms with Crippen molar-refractivity contribution in [2.45, 2.75) is 24.1 Å². The molecule has 2 aromatic carbocycles. The fourth-order valence-electron chi connectivity index (χ4n) is 2.64. The smallest absolute Gasteiger partial charge is 0.416 e. The van der Waals surface area contributed by atoms with Crippen LogP contribution in [0.2, 0.25) is 0 Å². The Bertz CT molecular complexity index is 1310. The van der Waals surface area contributed by atoms with Crippen LogP contribution in [0.25, 0.3) is 10.9 Å². The summed E-state index contributed by atoms with van der Waals surface area (Å²) in [6, 6.07) is 6.51. The normalized spacial score (nSPS) is 12.1. The van der Waals surface area contributed by atoms with Gasteiger partial charge in [-0.05, 0) is 42.5 Å². The molecule has 3 rings (SSSR count). The van der Waals surface area contributed by atoms with E-state index in [2.05, 4.69) is 14.7 Å². The number of alkyl halides is 3. The van der Waals surface area contributed by atoms with Crippen LogP contribution in [-0.4, -0.2) is 30.9 Å². The Balaban J connectivity index is 1.59. The molecule has 1 aromatic heterocycles. The molecule has 0 spiro atoms. The number of benzene rings is 2. The molecule has 170 valence electrons. The van der Waals surface area contributed by atoms with Crippen LogP contribution in [0.5, 0.6) is 0 Å². The maximum Gasteiger partial charge on any atom is 0.416 e. The first-order valence-corrected chi connectivity index (χ1v) is 10.4. The van der Waals surface area contributed by atoms with Crippen LogP contribution in [-0.2, 0) is 32.3 Å². The highest BCUT2D eigenvalue weighted by Crippen LogP contribution is 2.30. The van der Waals surface area contributed by atoms with Crippen molar-refractivity contribution < 1.29 is 35.5 Å². The van der Waals surface area contributed by atoms with Crippen LogP contribution in [0.3, 0.4) is 0 Å². The highest BCUT2D eigenvalue weighted by atomic mass is 32.2. The molecule has 0 bridgehead atoms. The van der Waals surface area contributed by atoms with Crippen LogP contribution in [0, 0.1) is 5.82 Å². The molecule has 0 aliphatic rings. The van der Waals surface area contributed by atoms with Gasteiger partial charge in [0.1, 0.15) is 18.2 Å². The zero-order chi connectivity index (χ0) is 23.5. The lowest BCUT2D eigenvalue weighted by molar-refractivity contribution is -0.145. The number of ether oxygens (including phenoxy) is 1. The van der Waals surface area contributed by atoms with Gasteiger partial charge in [-0.1, -0.05) is 0 Å². The minimum atomic E-state index is -4.62. The number of aromatic nitrogens is 2. The van der Waals surface area contributed by atoms with Crippen LogP contribution in [0.4, 0.5) is 17.6 Å². The molecule has 0 unspecified atom stereocenters. The van der Waals surface area contributed by atoms with Gasteiger partial charge in [-0.25, -0.2) is 22.5 Å². The summed E-state index contributed by atoms with van der Waals surface area (Å²) in [6.07, 6.45) is -5.00. The molecule has 2 N–H and O–H groups in total. The number of nitrogens with one attached hydrogen (secondary N) is 2. The highest BCUT2D eigenvalue weighted by molar-refractivity contribution is 7.89. The Labute approximate surface area is 178 Å². The molecule has 0 fully saturated rings. The molecule has 1 heterocycles. The summed E-state index contributed by atoms with van der Waals surface area (Å²) in [4.78, 5) is 29.9. The molecule has 0 radical (unpaired) electrons. The van der Waals surface area contributed by atoms with Gasteiger partial charge in [-0.15, -0.1) is 0 Å². The molecule has 0 saturated carbocycles. The van der Waals surface area contributed by atoms with Crippen molar-refractivity contribution in [2.75, 3.05) is 6.54 Å². The van der Waals surface area contributed by atoms with E-state index in [0.717, 1.165) is 36.4 Å². The van der Waals surface area contributed by atoms with Gasteiger partial charge < -0.3 is 9.72 Å². The zero-order valence-electron chi connectivity index (χ0n) is 16.1. The molecule has 3 aromatic rings. The number of aromatic amines is 1. The maximum atomic E-state index is 12.9. The number of nitrogens with zero attached hydrogens (tertiary/aromatic N) is 1. The quantitative estimate of drug-likeness (QED) is 0.402. The third-order valence-corrected chi connectivity index (χ3v) is 5.67. The number of hydrogen-bond acceptors (Lipinski definition) is 6. The third-order valence-electron chi connectivity index (χ3n) is 4.20. The molecular weight excluding hydrogens is 458 g/mol. The van der Waals surface area contributed by atoms with Gasteiger partial charge in [0.25, 0.3) is 5.56 Å². The first-order valence-electron chi connectivity index (χ1n) is 8.97. The van der Waals surface area contributed by atoms with E-state index in [0.29, 0.717) is 6.07 Å². The van der Waals surface area contributed by atoms with Crippen LogP contribution in [0.1, 0.15) is 17.8 Å². The van der Waals surface area contributed by atoms with Gasteiger partial charge in [0, 0.05) is 6.54 Å². The summed E-state index contributed by atoms with van der Waals surface area (Å²) in [5.74, 6) is -1.64. The summed E-state index contributed by atoms with van der Waals surface area (Å²) >= 11 is 0. The zero-order valence-corrected chi connectivity index (χ0v) is 16.9. The number of carbonyl (C=O) groups excluding carboxylic acids is 1. The minimum absolute atomic E-state index is 0.0664. The number of rotatable bonds is 7. The number of H-pyrrole nitrogens is 1. The Morgan fingerprint density at radius 3 is 2.47 bits per heavy atom. The first-order chi connectivity index (χ1) is 15.0. The lowest BCUT2D eigenvalue weighted by atomic mass is 10.1. The fourth-order valence-corrected chi connectivity index (χ4v) is 3.67.